The van der Waals surface area contributed by atoms with Crippen LogP contribution in [0.15, 0.2) is 24.3 Å². The largest absolute Gasteiger partial charge is 0.466 e. The van der Waals surface area contributed by atoms with E-state index in [0.717, 1.165) is 12.8 Å². The molecule has 0 amide bonds. The molecule has 0 bridgehead atoms. The normalized spacial score (nSPS) is 13.8. The lowest BCUT2D eigenvalue weighted by atomic mass is 10.1. The van der Waals surface area contributed by atoms with E-state index >= 15 is 0 Å². The van der Waals surface area contributed by atoms with Crippen molar-refractivity contribution in [1.29, 1.82) is 0 Å². The van der Waals surface area contributed by atoms with Gasteiger partial charge in [0.25, 0.3) is 0 Å². The average molecular weight is 270 g/mol. The molecule has 0 atom stereocenters. The molecule has 0 heterocycles. The topological polar surface area (TPSA) is 38.3 Å². The second-order valence-electron chi connectivity index (χ2n) is 4.38. The number of hydrogen-bond donors (Lipinski definition) is 1. The lowest BCUT2D eigenvalue weighted by molar-refractivity contribution is -0.142. The van der Waals surface area contributed by atoms with Crippen LogP contribution in [-0.4, -0.2) is 25.2 Å². The van der Waals surface area contributed by atoms with Crippen LogP contribution in [0.4, 0.5) is 0 Å². The molecule has 0 spiro atoms. The lowest BCUT2D eigenvalue weighted by Gasteiger charge is -2.11. The van der Waals surface area contributed by atoms with Crippen molar-refractivity contribution < 1.29 is 9.53 Å². The number of carbonyl (C=O) groups is 1. The fourth-order valence-electron chi connectivity index (χ4n) is 2.31. The molecule has 0 saturated heterocycles. The van der Waals surface area contributed by atoms with Gasteiger partial charge < -0.3 is 10.1 Å². The zero-order chi connectivity index (χ0) is 12.1. The van der Waals surface area contributed by atoms with Crippen LogP contribution in [0.2, 0.25) is 0 Å². The molecule has 1 aromatic rings. The fraction of sp³-hybridized carbons (Fsp3) is 0.500. The minimum absolute atomic E-state index is 0. The van der Waals surface area contributed by atoms with Crippen LogP contribution in [0.25, 0.3) is 0 Å². The Labute approximate surface area is 114 Å². The van der Waals surface area contributed by atoms with Gasteiger partial charge in [-0.05, 0) is 30.9 Å². The zero-order valence-corrected chi connectivity index (χ0v) is 11.5. The summed E-state index contributed by atoms with van der Waals surface area (Å²) in [5.74, 6) is -0.115. The summed E-state index contributed by atoms with van der Waals surface area (Å²) >= 11 is 0. The summed E-state index contributed by atoms with van der Waals surface area (Å²) in [7, 11) is 0. The van der Waals surface area contributed by atoms with E-state index in [0.29, 0.717) is 25.6 Å². The van der Waals surface area contributed by atoms with Crippen molar-refractivity contribution in [3.05, 3.63) is 35.4 Å². The third kappa shape index (κ3) is 4.00. The first kappa shape index (κ1) is 15.0. The Morgan fingerprint density at radius 1 is 1.33 bits per heavy atom. The highest BCUT2D eigenvalue weighted by Crippen LogP contribution is 2.21. The Hall–Kier alpha value is -1.06. The van der Waals surface area contributed by atoms with Crippen LogP contribution in [-0.2, 0) is 22.4 Å². The highest BCUT2D eigenvalue weighted by atomic mass is 35.5. The fourth-order valence-corrected chi connectivity index (χ4v) is 2.31. The van der Waals surface area contributed by atoms with Gasteiger partial charge in [0.1, 0.15) is 0 Å². The number of halogens is 1. The smallest absolute Gasteiger partial charge is 0.307 e. The quantitative estimate of drug-likeness (QED) is 0.832. The number of fused-ring (bicyclic) bond motifs is 1. The van der Waals surface area contributed by atoms with Gasteiger partial charge in [-0.25, -0.2) is 0 Å². The number of benzene rings is 1. The molecule has 1 aliphatic rings. The van der Waals surface area contributed by atoms with Crippen molar-refractivity contribution in [1.82, 2.24) is 5.32 Å². The summed E-state index contributed by atoms with van der Waals surface area (Å²) in [6.45, 7) is 3.00. The van der Waals surface area contributed by atoms with Gasteiger partial charge in [0, 0.05) is 12.6 Å². The van der Waals surface area contributed by atoms with E-state index in [1.54, 1.807) is 0 Å². The predicted octanol–water partition coefficient (Wildman–Crippen LogP) is 2.12. The number of carbonyl (C=O) groups excluding carboxylic acids is 1. The number of ether oxygens (including phenoxy) is 1. The van der Waals surface area contributed by atoms with Crippen molar-refractivity contribution in [3.8, 4) is 0 Å². The van der Waals surface area contributed by atoms with Crippen molar-refractivity contribution >= 4 is 18.4 Å². The second kappa shape index (κ2) is 7.39. The first-order valence-electron chi connectivity index (χ1n) is 6.25. The molecule has 18 heavy (non-hydrogen) atoms. The van der Waals surface area contributed by atoms with E-state index in [4.69, 9.17) is 4.74 Å². The molecule has 1 N–H and O–H groups in total. The van der Waals surface area contributed by atoms with Crippen molar-refractivity contribution in [2.75, 3.05) is 13.2 Å². The summed E-state index contributed by atoms with van der Waals surface area (Å²) in [5.41, 5.74) is 2.86. The Kier molecular flexibility index (Phi) is 6.16. The molecule has 0 radical (unpaired) electrons. The van der Waals surface area contributed by atoms with Crippen LogP contribution < -0.4 is 5.32 Å². The third-order valence-electron chi connectivity index (χ3n) is 3.12. The van der Waals surface area contributed by atoms with Gasteiger partial charge in [-0.1, -0.05) is 24.3 Å². The first-order valence-corrected chi connectivity index (χ1v) is 6.25. The predicted molar refractivity (Wildman–Crippen MR) is 74.1 cm³/mol. The minimum atomic E-state index is -0.115. The third-order valence-corrected chi connectivity index (χ3v) is 3.12. The molecule has 1 aromatic carbocycles. The Morgan fingerprint density at radius 3 is 2.50 bits per heavy atom. The van der Waals surface area contributed by atoms with Crippen LogP contribution in [0.1, 0.15) is 24.5 Å². The summed E-state index contributed by atoms with van der Waals surface area (Å²) in [4.78, 5) is 11.2. The van der Waals surface area contributed by atoms with Gasteiger partial charge in [0.15, 0.2) is 0 Å². The number of esters is 1. The van der Waals surface area contributed by atoms with Crippen molar-refractivity contribution in [2.24, 2.45) is 0 Å². The van der Waals surface area contributed by atoms with E-state index in [1.807, 2.05) is 6.92 Å². The molecule has 0 aliphatic heterocycles. The van der Waals surface area contributed by atoms with Crippen molar-refractivity contribution in [3.63, 3.8) is 0 Å². The van der Waals surface area contributed by atoms with Gasteiger partial charge >= 0.3 is 5.97 Å². The number of hydrogen-bond acceptors (Lipinski definition) is 3. The lowest BCUT2D eigenvalue weighted by Crippen LogP contribution is -2.31. The summed E-state index contributed by atoms with van der Waals surface area (Å²) < 4.78 is 4.89. The van der Waals surface area contributed by atoms with Crippen molar-refractivity contribution in [2.45, 2.75) is 32.2 Å². The maximum Gasteiger partial charge on any atom is 0.307 e. The zero-order valence-electron chi connectivity index (χ0n) is 10.6. The molecule has 2 rings (SSSR count). The standard InChI is InChI=1S/C14H19NO2.ClH/c1-2-17-14(16)7-8-15-13-9-11-5-3-4-6-12(11)10-13;/h3-6,13,15H,2,7-10H2,1H3;1H. The van der Waals surface area contributed by atoms with E-state index in [9.17, 15) is 4.79 Å². The van der Waals surface area contributed by atoms with Gasteiger partial charge in [-0.15, -0.1) is 12.4 Å². The van der Waals surface area contributed by atoms with E-state index in [-0.39, 0.29) is 18.4 Å². The van der Waals surface area contributed by atoms with Gasteiger partial charge in [-0.3, -0.25) is 4.79 Å². The van der Waals surface area contributed by atoms with Crippen LogP contribution in [0, 0.1) is 0 Å². The Morgan fingerprint density at radius 2 is 1.94 bits per heavy atom. The maximum atomic E-state index is 11.2. The monoisotopic (exact) mass is 269 g/mol. The van der Waals surface area contributed by atoms with Gasteiger partial charge in [0.05, 0.1) is 13.0 Å². The van der Waals surface area contributed by atoms with Gasteiger partial charge in [-0.2, -0.15) is 0 Å². The molecule has 0 saturated carbocycles. The summed E-state index contributed by atoms with van der Waals surface area (Å²) in [6.07, 6.45) is 2.60. The van der Waals surface area contributed by atoms with Gasteiger partial charge in [0.2, 0.25) is 0 Å². The van der Waals surface area contributed by atoms with E-state index in [1.165, 1.54) is 11.1 Å². The summed E-state index contributed by atoms with van der Waals surface area (Å²) in [6, 6.07) is 9.01. The molecule has 0 fully saturated rings. The second-order valence-corrected chi connectivity index (χ2v) is 4.38. The molecule has 1 aliphatic carbocycles. The highest BCUT2D eigenvalue weighted by molar-refractivity contribution is 5.85. The Bertz CT molecular complexity index is 370. The van der Waals surface area contributed by atoms with E-state index < -0.39 is 0 Å². The van der Waals surface area contributed by atoms with Crippen LogP contribution >= 0.6 is 12.4 Å². The highest BCUT2D eigenvalue weighted by Gasteiger charge is 2.20. The first-order chi connectivity index (χ1) is 8.29. The van der Waals surface area contributed by atoms with E-state index in [2.05, 4.69) is 29.6 Å². The molecule has 100 valence electrons. The Balaban J connectivity index is 0.00000162. The number of nitrogens with one attached hydrogen (secondary N) is 1. The number of rotatable bonds is 5. The summed E-state index contributed by atoms with van der Waals surface area (Å²) in [5, 5.41) is 3.42. The average Bonchev–Trinajstić information content (AvgIpc) is 2.71. The maximum absolute atomic E-state index is 11.2. The molecular formula is C14H20ClNO2. The molecule has 0 unspecified atom stereocenters. The SMILES string of the molecule is CCOC(=O)CCNC1Cc2ccccc2C1.Cl. The minimum Gasteiger partial charge on any atom is -0.466 e. The van der Waals surface area contributed by atoms with Crippen LogP contribution in [0.5, 0.6) is 0 Å². The van der Waals surface area contributed by atoms with Crippen LogP contribution in [0.3, 0.4) is 0 Å². The molecule has 0 aromatic heterocycles. The molecular weight excluding hydrogens is 250 g/mol. The molecule has 4 heteroatoms. The molecule has 3 nitrogen and oxygen atoms in total.